The second-order valence-corrected chi connectivity index (χ2v) is 6.68. The molecule has 0 spiro atoms. The maximum absolute atomic E-state index is 12.4. The summed E-state index contributed by atoms with van der Waals surface area (Å²) in [6, 6.07) is 0. The minimum Gasteiger partial charge on any atom is -0.462 e. The van der Waals surface area contributed by atoms with Crippen LogP contribution < -0.4 is 0 Å². The van der Waals surface area contributed by atoms with Crippen LogP contribution in [0.15, 0.2) is 0 Å². The Morgan fingerprint density at radius 2 is 1.76 bits per heavy atom. The summed E-state index contributed by atoms with van der Waals surface area (Å²) < 4.78 is 5.72. The minimum atomic E-state index is 0.0779. The lowest BCUT2D eigenvalue weighted by atomic mass is 9.64. The number of carbonyl (C=O) groups excluding carboxylic acids is 1. The molecule has 0 bridgehead atoms. The lowest BCUT2D eigenvalue weighted by Gasteiger charge is -2.41. The van der Waals surface area contributed by atoms with Crippen molar-refractivity contribution in [2.75, 3.05) is 0 Å². The van der Waals surface area contributed by atoms with Crippen LogP contribution >= 0.6 is 0 Å². The van der Waals surface area contributed by atoms with Gasteiger partial charge in [0.1, 0.15) is 6.10 Å². The molecular formula is C15H26O2. The van der Waals surface area contributed by atoms with E-state index in [2.05, 4.69) is 20.8 Å². The first-order valence-electron chi connectivity index (χ1n) is 7.21. The van der Waals surface area contributed by atoms with Crippen LogP contribution in [0, 0.1) is 17.3 Å². The van der Waals surface area contributed by atoms with E-state index in [1.807, 2.05) is 0 Å². The summed E-state index contributed by atoms with van der Waals surface area (Å²) in [5.74, 6) is 0.665. The van der Waals surface area contributed by atoms with Gasteiger partial charge in [-0.1, -0.05) is 27.2 Å². The summed E-state index contributed by atoms with van der Waals surface area (Å²) in [6.07, 6.45) is 8.40. The van der Waals surface area contributed by atoms with Crippen molar-refractivity contribution in [3.8, 4) is 0 Å². The third-order valence-electron chi connectivity index (χ3n) is 4.73. The summed E-state index contributed by atoms with van der Waals surface area (Å²) in [6.45, 7) is 6.66. The average Bonchev–Trinajstić information content (AvgIpc) is 2.68. The molecule has 2 aliphatic rings. The second kappa shape index (κ2) is 4.99. The Morgan fingerprint density at radius 1 is 1.12 bits per heavy atom. The van der Waals surface area contributed by atoms with Crippen molar-refractivity contribution in [3.05, 3.63) is 0 Å². The summed E-state index contributed by atoms with van der Waals surface area (Å²) in [4.78, 5) is 12.4. The fraction of sp³-hybridized carbons (Fsp3) is 0.933. The van der Waals surface area contributed by atoms with Gasteiger partial charge in [0, 0.05) is 0 Å². The molecule has 1 unspecified atom stereocenters. The number of ether oxygens (including phenoxy) is 1. The quantitative estimate of drug-likeness (QED) is 0.681. The highest BCUT2D eigenvalue weighted by Crippen LogP contribution is 2.44. The third-order valence-corrected chi connectivity index (χ3v) is 4.73. The normalized spacial score (nSPS) is 33.6. The first kappa shape index (κ1) is 12.9. The van der Waals surface area contributed by atoms with Gasteiger partial charge in [-0.05, 0) is 49.9 Å². The van der Waals surface area contributed by atoms with E-state index in [-0.39, 0.29) is 23.4 Å². The molecule has 0 radical (unpaired) electrons. The van der Waals surface area contributed by atoms with E-state index in [1.54, 1.807) is 0 Å². The van der Waals surface area contributed by atoms with Gasteiger partial charge >= 0.3 is 5.97 Å². The lowest BCUT2D eigenvalue weighted by molar-refractivity contribution is -0.162. The van der Waals surface area contributed by atoms with E-state index < -0.39 is 0 Å². The number of hydrogen-bond acceptors (Lipinski definition) is 2. The van der Waals surface area contributed by atoms with E-state index in [9.17, 15) is 4.79 Å². The molecule has 2 heteroatoms. The van der Waals surface area contributed by atoms with Gasteiger partial charge in [-0.2, -0.15) is 0 Å². The molecule has 0 aromatic rings. The Hall–Kier alpha value is -0.530. The predicted octanol–water partition coefficient (Wildman–Crippen LogP) is 3.93. The molecule has 2 saturated carbocycles. The van der Waals surface area contributed by atoms with Crippen molar-refractivity contribution < 1.29 is 9.53 Å². The molecular weight excluding hydrogens is 212 g/mol. The highest BCUT2D eigenvalue weighted by molar-refractivity contribution is 5.74. The van der Waals surface area contributed by atoms with Gasteiger partial charge in [0.25, 0.3) is 0 Å². The summed E-state index contributed by atoms with van der Waals surface area (Å²) >= 11 is 0. The third kappa shape index (κ3) is 2.83. The lowest BCUT2D eigenvalue weighted by Crippen LogP contribution is -2.41. The van der Waals surface area contributed by atoms with Crippen LogP contribution in [0.4, 0.5) is 0 Å². The summed E-state index contributed by atoms with van der Waals surface area (Å²) in [7, 11) is 0. The molecule has 0 N–H and O–H groups in total. The number of esters is 1. The van der Waals surface area contributed by atoms with Crippen LogP contribution in [0.25, 0.3) is 0 Å². The largest absolute Gasteiger partial charge is 0.462 e. The Labute approximate surface area is 105 Å². The highest BCUT2D eigenvalue weighted by atomic mass is 16.5. The van der Waals surface area contributed by atoms with Gasteiger partial charge in [0.15, 0.2) is 0 Å². The standard InChI is InChI=1S/C15H26O2/c1-11-7-6-10-15(2,3)13(11)14(16)17-12-8-4-5-9-12/h11-13H,4-10H2,1-3H3/t11-,13?/m0/s1. The molecule has 17 heavy (non-hydrogen) atoms. The molecule has 0 amide bonds. The van der Waals surface area contributed by atoms with Crippen LogP contribution in [-0.2, 0) is 9.53 Å². The Kier molecular flexibility index (Phi) is 3.79. The van der Waals surface area contributed by atoms with Crippen molar-refractivity contribution in [1.29, 1.82) is 0 Å². The number of hydrogen-bond donors (Lipinski definition) is 0. The highest BCUT2D eigenvalue weighted by Gasteiger charge is 2.43. The SMILES string of the molecule is C[C@H]1CCCC(C)(C)C1C(=O)OC1CCCC1. The van der Waals surface area contributed by atoms with Crippen LogP contribution in [0.2, 0.25) is 0 Å². The molecule has 2 aliphatic carbocycles. The van der Waals surface area contributed by atoms with Crippen molar-refractivity contribution in [1.82, 2.24) is 0 Å². The molecule has 0 aromatic carbocycles. The Morgan fingerprint density at radius 3 is 2.35 bits per heavy atom. The van der Waals surface area contributed by atoms with E-state index in [0.29, 0.717) is 5.92 Å². The maximum atomic E-state index is 12.4. The second-order valence-electron chi connectivity index (χ2n) is 6.68. The zero-order valence-corrected chi connectivity index (χ0v) is 11.5. The van der Waals surface area contributed by atoms with Gasteiger partial charge in [-0.25, -0.2) is 0 Å². The maximum Gasteiger partial charge on any atom is 0.310 e. The van der Waals surface area contributed by atoms with Gasteiger partial charge < -0.3 is 4.74 Å². The first-order valence-corrected chi connectivity index (χ1v) is 7.21. The molecule has 2 fully saturated rings. The van der Waals surface area contributed by atoms with Gasteiger partial charge in [0.05, 0.1) is 5.92 Å². The molecule has 98 valence electrons. The van der Waals surface area contributed by atoms with Gasteiger partial charge in [-0.15, -0.1) is 0 Å². The zero-order chi connectivity index (χ0) is 12.5. The monoisotopic (exact) mass is 238 g/mol. The fourth-order valence-corrected chi connectivity index (χ4v) is 3.77. The smallest absolute Gasteiger partial charge is 0.310 e. The summed E-state index contributed by atoms with van der Waals surface area (Å²) in [5, 5.41) is 0. The van der Waals surface area contributed by atoms with E-state index in [4.69, 9.17) is 4.74 Å². The molecule has 0 aliphatic heterocycles. The van der Waals surface area contributed by atoms with Gasteiger partial charge in [-0.3, -0.25) is 4.79 Å². The molecule has 0 heterocycles. The molecule has 2 nitrogen and oxygen atoms in total. The van der Waals surface area contributed by atoms with Crippen LogP contribution in [0.3, 0.4) is 0 Å². The van der Waals surface area contributed by atoms with Crippen LogP contribution in [0.1, 0.15) is 65.7 Å². The van der Waals surface area contributed by atoms with Gasteiger partial charge in [0.2, 0.25) is 0 Å². The van der Waals surface area contributed by atoms with Crippen LogP contribution in [0.5, 0.6) is 0 Å². The molecule has 2 atom stereocenters. The molecule has 0 saturated heterocycles. The summed E-state index contributed by atoms with van der Waals surface area (Å²) in [5.41, 5.74) is 0.118. The van der Waals surface area contributed by atoms with E-state index >= 15 is 0 Å². The Balaban J connectivity index is 1.99. The fourth-order valence-electron chi connectivity index (χ4n) is 3.77. The van der Waals surface area contributed by atoms with Crippen molar-refractivity contribution in [2.45, 2.75) is 71.8 Å². The van der Waals surface area contributed by atoms with Crippen molar-refractivity contribution in [3.63, 3.8) is 0 Å². The average molecular weight is 238 g/mol. The van der Waals surface area contributed by atoms with E-state index in [0.717, 1.165) is 19.3 Å². The van der Waals surface area contributed by atoms with E-state index in [1.165, 1.54) is 25.7 Å². The number of rotatable bonds is 2. The molecule has 0 aromatic heterocycles. The van der Waals surface area contributed by atoms with Crippen molar-refractivity contribution >= 4 is 5.97 Å². The minimum absolute atomic E-state index is 0.0779. The zero-order valence-electron chi connectivity index (χ0n) is 11.5. The first-order chi connectivity index (χ1) is 8.00. The number of carbonyl (C=O) groups is 1. The Bertz CT molecular complexity index is 277. The van der Waals surface area contributed by atoms with Crippen molar-refractivity contribution in [2.24, 2.45) is 17.3 Å². The predicted molar refractivity (Wildman–Crippen MR) is 68.6 cm³/mol. The van der Waals surface area contributed by atoms with Crippen LogP contribution in [-0.4, -0.2) is 12.1 Å². The topological polar surface area (TPSA) is 26.3 Å². The molecule has 2 rings (SSSR count).